The normalized spacial score (nSPS) is 9.69. The molecule has 13 heavy (non-hydrogen) atoms. The van der Waals surface area contributed by atoms with E-state index in [4.69, 9.17) is 5.73 Å². The SMILES string of the molecule is C=CCCCN(C)C(=O)CCCN. The topological polar surface area (TPSA) is 46.3 Å². The van der Waals surface area contributed by atoms with E-state index in [0.717, 1.165) is 25.8 Å². The van der Waals surface area contributed by atoms with Gasteiger partial charge in [-0.25, -0.2) is 0 Å². The molecule has 0 saturated carbocycles. The Bertz CT molecular complexity index is 157. The van der Waals surface area contributed by atoms with Gasteiger partial charge in [-0.2, -0.15) is 0 Å². The third-order valence-corrected chi connectivity index (χ3v) is 1.92. The molecular weight excluding hydrogens is 164 g/mol. The lowest BCUT2D eigenvalue weighted by atomic mass is 10.2. The number of hydrogen-bond acceptors (Lipinski definition) is 2. The van der Waals surface area contributed by atoms with E-state index < -0.39 is 0 Å². The number of nitrogens with zero attached hydrogens (tertiary/aromatic N) is 1. The standard InChI is InChI=1S/C10H20N2O/c1-3-4-5-9-12(2)10(13)7-6-8-11/h3H,1,4-9,11H2,2H3. The van der Waals surface area contributed by atoms with E-state index in [9.17, 15) is 4.79 Å². The fourth-order valence-electron chi connectivity index (χ4n) is 1.04. The first-order valence-electron chi connectivity index (χ1n) is 4.77. The van der Waals surface area contributed by atoms with Gasteiger partial charge < -0.3 is 10.6 Å². The smallest absolute Gasteiger partial charge is 0.222 e. The van der Waals surface area contributed by atoms with Crippen molar-refractivity contribution in [1.82, 2.24) is 4.90 Å². The number of nitrogens with two attached hydrogens (primary N) is 1. The quantitative estimate of drug-likeness (QED) is 0.476. The molecule has 0 radical (unpaired) electrons. The summed E-state index contributed by atoms with van der Waals surface area (Å²) in [6.45, 7) is 5.04. The van der Waals surface area contributed by atoms with Crippen molar-refractivity contribution in [3.8, 4) is 0 Å². The van der Waals surface area contributed by atoms with Crippen molar-refractivity contribution in [2.45, 2.75) is 25.7 Å². The Morgan fingerprint density at radius 1 is 1.54 bits per heavy atom. The summed E-state index contributed by atoms with van der Waals surface area (Å²) in [5.74, 6) is 0.189. The Morgan fingerprint density at radius 2 is 2.23 bits per heavy atom. The van der Waals surface area contributed by atoms with Gasteiger partial charge in [0.2, 0.25) is 5.91 Å². The van der Waals surface area contributed by atoms with Crippen molar-refractivity contribution < 1.29 is 4.79 Å². The molecule has 0 aliphatic heterocycles. The molecule has 0 bridgehead atoms. The van der Waals surface area contributed by atoms with Gasteiger partial charge in [0.1, 0.15) is 0 Å². The Hall–Kier alpha value is -0.830. The van der Waals surface area contributed by atoms with Gasteiger partial charge in [-0.15, -0.1) is 6.58 Å². The summed E-state index contributed by atoms with van der Waals surface area (Å²) >= 11 is 0. The molecule has 0 saturated heterocycles. The van der Waals surface area contributed by atoms with Crippen LogP contribution in [0.2, 0.25) is 0 Å². The van der Waals surface area contributed by atoms with E-state index in [1.165, 1.54) is 0 Å². The number of carbonyl (C=O) groups is 1. The summed E-state index contributed by atoms with van der Waals surface area (Å²) < 4.78 is 0. The fourth-order valence-corrected chi connectivity index (χ4v) is 1.04. The molecule has 0 atom stereocenters. The molecule has 76 valence electrons. The molecule has 3 nitrogen and oxygen atoms in total. The third kappa shape index (κ3) is 6.34. The maximum absolute atomic E-state index is 11.3. The monoisotopic (exact) mass is 184 g/mol. The number of hydrogen-bond donors (Lipinski definition) is 1. The summed E-state index contributed by atoms with van der Waals surface area (Å²) in [5, 5.41) is 0. The van der Waals surface area contributed by atoms with Crippen molar-refractivity contribution in [3.05, 3.63) is 12.7 Å². The van der Waals surface area contributed by atoms with Gasteiger partial charge in [0.05, 0.1) is 0 Å². The van der Waals surface area contributed by atoms with Gasteiger partial charge in [0.25, 0.3) is 0 Å². The zero-order valence-electron chi connectivity index (χ0n) is 8.46. The van der Waals surface area contributed by atoms with E-state index in [1.54, 1.807) is 4.90 Å². The Kier molecular flexibility index (Phi) is 7.30. The third-order valence-electron chi connectivity index (χ3n) is 1.92. The van der Waals surface area contributed by atoms with Crippen molar-refractivity contribution in [2.24, 2.45) is 5.73 Å². The molecule has 0 spiro atoms. The molecule has 2 N–H and O–H groups in total. The molecule has 0 aromatic rings. The number of amides is 1. The molecule has 0 aromatic heterocycles. The van der Waals surface area contributed by atoms with Crippen LogP contribution in [0.3, 0.4) is 0 Å². The van der Waals surface area contributed by atoms with E-state index >= 15 is 0 Å². The fraction of sp³-hybridized carbons (Fsp3) is 0.700. The van der Waals surface area contributed by atoms with Gasteiger partial charge in [0, 0.05) is 20.0 Å². The highest BCUT2D eigenvalue weighted by atomic mass is 16.2. The lowest BCUT2D eigenvalue weighted by Crippen LogP contribution is -2.27. The predicted octanol–water partition coefficient (Wildman–Crippen LogP) is 1.15. The molecule has 0 aliphatic rings. The molecule has 0 rings (SSSR count). The number of carbonyl (C=O) groups excluding carboxylic acids is 1. The minimum absolute atomic E-state index is 0.189. The van der Waals surface area contributed by atoms with Crippen LogP contribution in [0.25, 0.3) is 0 Å². The highest BCUT2D eigenvalue weighted by Crippen LogP contribution is 1.98. The number of allylic oxidation sites excluding steroid dienone is 1. The first-order valence-corrected chi connectivity index (χ1v) is 4.77. The van der Waals surface area contributed by atoms with Crippen LogP contribution in [0.4, 0.5) is 0 Å². The summed E-state index contributed by atoms with van der Waals surface area (Å²) in [7, 11) is 1.84. The molecule has 1 amide bonds. The van der Waals surface area contributed by atoms with Gasteiger partial charge in [-0.05, 0) is 25.8 Å². The largest absolute Gasteiger partial charge is 0.346 e. The van der Waals surface area contributed by atoms with Crippen molar-refractivity contribution in [3.63, 3.8) is 0 Å². The molecule has 0 unspecified atom stereocenters. The van der Waals surface area contributed by atoms with Crippen molar-refractivity contribution in [2.75, 3.05) is 20.1 Å². The minimum Gasteiger partial charge on any atom is -0.346 e. The van der Waals surface area contributed by atoms with Crippen molar-refractivity contribution in [1.29, 1.82) is 0 Å². The van der Waals surface area contributed by atoms with Gasteiger partial charge in [-0.3, -0.25) is 4.79 Å². The average molecular weight is 184 g/mol. The van der Waals surface area contributed by atoms with Crippen LogP contribution in [-0.2, 0) is 4.79 Å². The number of unbranched alkanes of at least 4 members (excludes halogenated alkanes) is 1. The highest BCUT2D eigenvalue weighted by molar-refractivity contribution is 5.75. The van der Waals surface area contributed by atoms with Crippen LogP contribution in [-0.4, -0.2) is 30.9 Å². The van der Waals surface area contributed by atoms with Crippen LogP contribution in [0.15, 0.2) is 12.7 Å². The Balaban J connectivity index is 3.50. The Morgan fingerprint density at radius 3 is 2.77 bits per heavy atom. The van der Waals surface area contributed by atoms with Crippen LogP contribution in [0.1, 0.15) is 25.7 Å². The second-order valence-corrected chi connectivity index (χ2v) is 3.14. The van der Waals surface area contributed by atoms with E-state index in [0.29, 0.717) is 13.0 Å². The first-order chi connectivity index (χ1) is 6.22. The summed E-state index contributed by atoms with van der Waals surface area (Å²) in [6, 6.07) is 0. The lowest BCUT2D eigenvalue weighted by Gasteiger charge is -2.16. The molecule has 3 heteroatoms. The average Bonchev–Trinajstić information content (AvgIpc) is 2.14. The summed E-state index contributed by atoms with van der Waals surface area (Å²) in [4.78, 5) is 13.1. The van der Waals surface area contributed by atoms with E-state index in [-0.39, 0.29) is 5.91 Å². The Labute approximate surface area is 80.6 Å². The first kappa shape index (κ1) is 12.2. The van der Waals surface area contributed by atoms with Crippen LogP contribution >= 0.6 is 0 Å². The molecular formula is C10H20N2O. The minimum atomic E-state index is 0.189. The molecule has 0 aliphatic carbocycles. The molecule has 0 heterocycles. The molecule has 0 fully saturated rings. The van der Waals surface area contributed by atoms with Gasteiger partial charge in [0.15, 0.2) is 0 Å². The van der Waals surface area contributed by atoms with Crippen LogP contribution < -0.4 is 5.73 Å². The second kappa shape index (κ2) is 7.80. The maximum atomic E-state index is 11.3. The zero-order valence-corrected chi connectivity index (χ0v) is 8.46. The van der Waals surface area contributed by atoms with Crippen LogP contribution in [0.5, 0.6) is 0 Å². The molecule has 0 aromatic carbocycles. The predicted molar refractivity (Wildman–Crippen MR) is 55.4 cm³/mol. The highest BCUT2D eigenvalue weighted by Gasteiger charge is 2.06. The summed E-state index contributed by atoms with van der Waals surface area (Å²) in [5.41, 5.74) is 5.31. The van der Waals surface area contributed by atoms with E-state index in [1.807, 2.05) is 13.1 Å². The zero-order chi connectivity index (χ0) is 10.1. The lowest BCUT2D eigenvalue weighted by molar-refractivity contribution is -0.130. The second-order valence-electron chi connectivity index (χ2n) is 3.14. The van der Waals surface area contributed by atoms with Gasteiger partial charge >= 0.3 is 0 Å². The van der Waals surface area contributed by atoms with E-state index in [2.05, 4.69) is 6.58 Å². The number of rotatable bonds is 7. The van der Waals surface area contributed by atoms with Crippen LogP contribution in [0, 0.1) is 0 Å². The van der Waals surface area contributed by atoms with Crippen molar-refractivity contribution >= 4 is 5.91 Å². The maximum Gasteiger partial charge on any atom is 0.222 e. The summed E-state index contributed by atoms with van der Waals surface area (Å²) in [6.07, 6.45) is 5.19. The van der Waals surface area contributed by atoms with Gasteiger partial charge in [-0.1, -0.05) is 6.08 Å².